The first kappa shape index (κ1) is 49.4. The van der Waals surface area contributed by atoms with Gasteiger partial charge in [-0.1, -0.05) is 32.5 Å². The lowest BCUT2D eigenvalue weighted by Crippen LogP contribution is -2.60. The minimum absolute atomic E-state index is 0.0472. The van der Waals surface area contributed by atoms with Crippen LogP contribution >= 0.6 is 11.8 Å². The highest BCUT2D eigenvalue weighted by Crippen LogP contribution is 2.45. The zero-order chi connectivity index (χ0) is 44.5. The molecule has 5 aliphatic rings. The Hall–Kier alpha value is -1.64. The molecule has 0 radical (unpaired) electrons. The van der Waals surface area contributed by atoms with Crippen LogP contribution in [-0.2, 0) is 47.5 Å². The molecular weight excluding hydrogens is 799 g/mol. The Balaban J connectivity index is 1.59. The van der Waals surface area contributed by atoms with E-state index < -0.39 is 95.8 Å². The fraction of sp³-hybridized carbons (Fsp3) is 0.930. The highest BCUT2D eigenvalue weighted by atomic mass is 32.2. The van der Waals surface area contributed by atoms with E-state index in [1.807, 2.05) is 20.8 Å². The Morgan fingerprint density at radius 2 is 1.65 bits per heavy atom. The van der Waals surface area contributed by atoms with E-state index >= 15 is 0 Å². The molecule has 0 aromatic heterocycles. The molecule has 5 heterocycles. The van der Waals surface area contributed by atoms with E-state index in [2.05, 4.69) is 17.3 Å². The van der Waals surface area contributed by atoms with Crippen molar-refractivity contribution in [2.24, 2.45) is 22.7 Å². The minimum atomic E-state index is -1.93. The maximum absolute atomic E-state index is 14.5. The van der Waals surface area contributed by atoms with Crippen molar-refractivity contribution in [3.8, 4) is 0 Å². The van der Waals surface area contributed by atoms with Crippen molar-refractivity contribution in [2.45, 2.75) is 203 Å². The van der Waals surface area contributed by atoms with E-state index in [-0.39, 0.29) is 48.7 Å². The zero-order valence-electron chi connectivity index (χ0n) is 38.1. The second-order valence-corrected chi connectivity index (χ2v) is 19.9. The Bertz CT molecular complexity index is 1490. The van der Waals surface area contributed by atoms with Gasteiger partial charge in [0.25, 0.3) is 0 Å². The van der Waals surface area contributed by atoms with Gasteiger partial charge in [0.05, 0.1) is 71.5 Å². The quantitative estimate of drug-likeness (QED) is 0.246. The van der Waals surface area contributed by atoms with Crippen LogP contribution in [0.5, 0.6) is 0 Å². The molecule has 5 aliphatic heterocycles. The van der Waals surface area contributed by atoms with E-state index in [0.29, 0.717) is 6.54 Å². The lowest BCUT2D eigenvalue weighted by atomic mass is 9.77. The molecule has 0 aliphatic carbocycles. The molecule has 0 saturated carbocycles. The van der Waals surface area contributed by atoms with Gasteiger partial charge in [-0.2, -0.15) is 0 Å². The molecule has 5 rings (SSSR count). The number of amidine groups is 1. The Kier molecular flexibility index (Phi) is 16.5. The minimum Gasteiger partial charge on any atom is -0.459 e. The van der Waals surface area contributed by atoms with Crippen molar-refractivity contribution < 1.29 is 62.8 Å². The maximum atomic E-state index is 14.5. The number of carbonyl (C=O) groups excluding carboxylic acids is 2. The summed E-state index contributed by atoms with van der Waals surface area (Å²) in [5.41, 5.74) is -4.15. The van der Waals surface area contributed by atoms with Gasteiger partial charge in [0.15, 0.2) is 17.7 Å². The van der Waals surface area contributed by atoms with Gasteiger partial charge >= 0.3 is 5.97 Å². The van der Waals surface area contributed by atoms with E-state index in [4.69, 9.17) is 42.9 Å². The molecule has 16 nitrogen and oxygen atoms in total. The highest BCUT2D eigenvalue weighted by molar-refractivity contribution is 8.14. The molecule has 19 atom stereocenters. The fourth-order valence-corrected chi connectivity index (χ4v) is 11.3. The third kappa shape index (κ3) is 10.5. The number of rotatable bonds is 9. The summed E-state index contributed by atoms with van der Waals surface area (Å²) in [6, 6.07) is -0.857. The molecule has 5 fully saturated rings. The molecule has 0 spiro atoms. The lowest BCUT2D eigenvalue weighted by molar-refractivity contribution is -0.308. The fourth-order valence-electron chi connectivity index (χ4n) is 9.87. The number of ether oxygens (including phenoxy) is 8. The molecule has 0 aromatic carbocycles. The van der Waals surface area contributed by atoms with Gasteiger partial charge in [-0.25, -0.2) is 0 Å². The van der Waals surface area contributed by atoms with Crippen LogP contribution in [0.3, 0.4) is 0 Å². The number of aliphatic imine (C=N–C) groups is 1. The van der Waals surface area contributed by atoms with Crippen LogP contribution in [0.15, 0.2) is 4.99 Å². The average Bonchev–Trinajstić information content (AvgIpc) is 3.85. The Morgan fingerprint density at radius 3 is 2.27 bits per heavy atom. The number of fused-ring (bicyclic) bond motifs is 1. The Labute approximate surface area is 361 Å². The SMILES string of the molecule is CCC1OC(=O)[C@H](C)[C@@H](O[C@H]2C[C@@](C)(OC)[C@@H](O)[C@H](C)O2)[C@H](C)[C@@H](O[C@@H]2O[C@H](C)C[C@H]3[C@@H]2SC(=NCC2CCCO2)N3C)[C@](C)(OC)C[C@@H](C)C(=O)N[C@H](C)[C@@H](O)[C@]1(C)O. The predicted octanol–water partition coefficient (Wildman–Crippen LogP) is 3.40. The van der Waals surface area contributed by atoms with Gasteiger partial charge in [0, 0.05) is 46.1 Å². The number of nitrogens with one attached hydrogen (secondary N) is 1. The van der Waals surface area contributed by atoms with Crippen LogP contribution in [0, 0.1) is 17.8 Å². The summed E-state index contributed by atoms with van der Waals surface area (Å²) in [6.45, 7) is 18.9. The van der Waals surface area contributed by atoms with Crippen LogP contribution in [-0.4, -0.2) is 167 Å². The highest BCUT2D eigenvalue weighted by Gasteiger charge is 2.55. The summed E-state index contributed by atoms with van der Waals surface area (Å²) < 4.78 is 51.3. The van der Waals surface area contributed by atoms with Crippen molar-refractivity contribution in [3.05, 3.63) is 0 Å². The molecule has 0 aromatic rings. The van der Waals surface area contributed by atoms with Crippen molar-refractivity contribution in [2.75, 3.05) is 34.4 Å². The number of aliphatic hydroxyl groups is 3. The number of cyclic esters (lactones) is 1. The van der Waals surface area contributed by atoms with E-state index in [9.17, 15) is 24.9 Å². The molecule has 4 N–H and O–H groups in total. The average molecular weight is 874 g/mol. The first-order valence-electron chi connectivity index (χ1n) is 22.0. The third-order valence-electron chi connectivity index (χ3n) is 14.0. The van der Waals surface area contributed by atoms with Gasteiger partial charge in [0.2, 0.25) is 5.91 Å². The van der Waals surface area contributed by atoms with Gasteiger partial charge < -0.3 is 63.4 Å². The monoisotopic (exact) mass is 874 g/mol. The van der Waals surface area contributed by atoms with Gasteiger partial charge in [-0.05, 0) is 80.6 Å². The van der Waals surface area contributed by atoms with E-state index in [0.717, 1.165) is 31.0 Å². The molecule has 60 heavy (non-hydrogen) atoms. The van der Waals surface area contributed by atoms with E-state index in [1.54, 1.807) is 60.4 Å². The normalized spacial score (nSPS) is 48.3. The molecule has 17 heteroatoms. The summed E-state index contributed by atoms with van der Waals surface area (Å²) in [5.74, 6) is -3.36. The first-order valence-corrected chi connectivity index (χ1v) is 22.9. The van der Waals surface area contributed by atoms with Crippen LogP contribution in [0.1, 0.15) is 108 Å². The molecule has 1 amide bonds. The van der Waals surface area contributed by atoms with Gasteiger partial charge in [0.1, 0.15) is 23.9 Å². The third-order valence-corrected chi connectivity index (χ3v) is 15.4. The summed E-state index contributed by atoms with van der Waals surface area (Å²) in [5, 5.41) is 37.8. The second kappa shape index (κ2) is 20.0. The summed E-state index contributed by atoms with van der Waals surface area (Å²) in [4.78, 5) is 35.6. The molecule has 0 bridgehead atoms. The number of hydrogen-bond donors (Lipinski definition) is 4. The van der Waals surface area contributed by atoms with Crippen LogP contribution in [0.2, 0.25) is 0 Å². The standard InChI is InChI=1S/C43H75N3O13S/c1-14-30-43(10,51)34(47)26(6)45-37(49)22(2)19-42(9,53-13)36(24(4)32(25(5)38(50)57-30)58-31-20-41(8,52-12)35(48)27(7)56-31)59-39-33-29(18-23(3)55-39)46(11)40(60-33)44-21-28-16-15-17-54-28/h22-36,39,47-48,51H,14-21H2,1-13H3,(H,45,49)/t22-,23-,24+,25-,26-,27+,28?,29+,30?,31+,32+,33+,34-,35+,36-,39+,41-,42-,43-/m1/s1. The van der Waals surface area contributed by atoms with Crippen LogP contribution in [0.4, 0.5) is 0 Å². The van der Waals surface area contributed by atoms with Gasteiger partial charge in [-0.3, -0.25) is 14.6 Å². The zero-order valence-corrected chi connectivity index (χ0v) is 38.9. The predicted molar refractivity (Wildman–Crippen MR) is 225 cm³/mol. The lowest BCUT2D eigenvalue weighted by Gasteiger charge is -2.49. The summed E-state index contributed by atoms with van der Waals surface area (Å²) >= 11 is 1.62. The largest absolute Gasteiger partial charge is 0.459 e. The number of esters is 1. The van der Waals surface area contributed by atoms with Crippen molar-refractivity contribution >= 4 is 28.8 Å². The number of hydrogen-bond acceptors (Lipinski definition) is 15. The smallest absolute Gasteiger partial charge is 0.311 e. The molecule has 5 saturated heterocycles. The first-order chi connectivity index (χ1) is 28.1. The summed E-state index contributed by atoms with van der Waals surface area (Å²) in [7, 11) is 5.15. The topological polar surface area (TPSA) is 196 Å². The number of methoxy groups -OCH3 is 2. The van der Waals surface area contributed by atoms with Crippen LogP contribution in [0.25, 0.3) is 0 Å². The number of nitrogens with zero attached hydrogens (tertiary/aromatic N) is 2. The molecule has 346 valence electrons. The molecular formula is C43H75N3O13S. The van der Waals surface area contributed by atoms with Gasteiger partial charge in [-0.15, -0.1) is 0 Å². The van der Waals surface area contributed by atoms with Crippen LogP contribution < -0.4 is 5.32 Å². The summed E-state index contributed by atoms with van der Waals surface area (Å²) in [6.07, 6.45) is -4.60. The Morgan fingerprint density at radius 1 is 0.967 bits per heavy atom. The van der Waals surface area contributed by atoms with Crippen molar-refractivity contribution in [1.82, 2.24) is 10.2 Å². The number of carbonyl (C=O) groups is 2. The maximum Gasteiger partial charge on any atom is 0.311 e. The number of amides is 1. The van der Waals surface area contributed by atoms with Crippen molar-refractivity contribution in [1.29, 1.82) is 0 Å². The number of aliphatic hydroxyl groups excluding tert-OH is 2. The van der Waals surface area contributed by atoms with Crippen molar-refractivity contribution in [3.63, 3.8) is 0 Å². The second-order valence-electron chi connectivity index (χ2n) is 18.7. The molecule has 2 unspecified atom stereocenters. The number of thioether (sulfide) groups is 1. The van der Waals surface area contributed by atoms with E-state index in [1.165, 1.54) is 14.0 Å².